The van der Waals surface area contributed by atoms with Crippen LogP contribution in [0.3, 0.4) is 0 Å². The highest BCUT2D eigenvalue weighted by atomic mass is 35.5. The second kappa shape index (κ2) is 9.85. The fraction of sp³-hybridized carbons (Fsp3) is 0.0357. The number of para-hydroxylation sites is 1. The quantitative estimate of drug-likeness (QED) is 0.246. The van der Waals surface area contributed by atoms with Gasteiger partial charge in [-0.2, -0.15) is 0 Å². The number of anilines is 1. The van der Waals surface area contributed by atoms with Crippen LogP contribution in [0.2, 0.25) is 10.0 Å². The second-order valence-electron chi connectivity index (χ2n) is 8.03. The number of barbiturate groups is 1. The first kappa shape index (κ1) is 23.6. The molecule has 1 aliphatic heterocycles. The minimum Gasteiger partial charge on any atom is -0.488 e. The number of imide groups is 2. The molecule has 1 fully saturated rings. The van der Waals surface area contributed by atoms with Crippen molar-refractivity contribution in [1.29, 1.82) is 0 Å². The Kier molecular flexibility index (Phi) is 6.46. The lowest BCUT2D eigenvalue weighted by molar-refractivity contribution is -0.122. The molecular weight excluding hydrogens is 499 g/mol. The van der Waals surface area contributed by atoms with Crippen LogP contribution in [-0.2, 0) is 16.2 Å². The molecular formula is C28H18Cl2N2O4. The van der Waals surface area contributed by atoms with E-state index in [9.17, 15) is 14.4 Å². The van der Waals surface area contributed by atoms with E-state index in [-0.39, 0.29) is 12.2 Å². The number of amides is 4. The predicted octanol–water partition coefficient (Wildman–Crippen LogP) is 6.39. The van der Waals surface area contributed by atoms with E-state index >= 15 is 0 Å². The molecule has 1 saturated heterocycles. The van der Waals surface area contributed by atoms with Crippen LogP contribution >= 0.6 is 23.2 Å². The summed E-state index contributed by atoms with van der Waals surface area (Å²) in [6, 6.07) is 24.0. The van der Waals surface area contributed by atoms with Crippen LogP contribution in [0.1, 0.15) is 11.1 Å². The van der Waals surface area contributed by atoms with E-state index in [0.29, 0.717) is 27.0 Å². The fourth-order valence-electron chi connectivity index (χ4n) is 3.95. The van der Waals surface area contributed by atoms with Gasteiger partial charge in [-0.25, -0.2) is 9.69 Å². The number of ether oxygens (including phenoxy) is 1. The number of rotatable bonds is 5. The molecule has 0 saturated carbocycles. The number of carbonyl (C=O) groups excluding carboxylic acids is 3. The number of fused-ring (bicyclic) bond motifs is 1. The SMILES string of the molecule is O=C1NC(=O)N(c2ccccc2)C(=O)/C1=C/c1c(OCc2ccc(Cl)c(Cl)c2)ccc2ccccc12. The molecule has 4 aromatic rings. The molecule has 5 rings (SSSR count). The Bertz CT molecular complexity index is 1550. The molecule has 178 valence electrons. The number of benzene rings is 4. The van der Waals surface area contributed by atoms with Crippen LogP contribution in [0.4, 0.5) is 10.5 Å². The Morgan fingerprint density at radius 1 is 0.833 bits per heavy atom. The highest BCUT2D eigenvalue weighted by molar-refractivity contribution is 6.42. The normalized spacial score (nSPS) is 14.9. The summed E-state index contributed by atoms with van der Waals surface area (Å²) in [5.41, 5.74) is 1.50. The van der Waals surface area contributed by atoms with Crippen molar-refractivity contribution >= 4 is 63.6 Å². The van der Waals surface area contributed by atoms with Crippen LogP contribution in [-0.4, -0.2) is 17.8 Å². The summed E-state index contributed by atoms with van der Waals surface area (Å²) in [5.74, 6) is -1.05. The molecule has 0 aliphatic carbocycles. The first-order chi connectivity index (χ1) is 17.4. The number of nitrogens with one attached hydrogen (secondary N) is 1. The molecule has 6 nitrogen and oxygen atoms in total. The topological polar surface area (TPSA) is 75.7 Å². The standard InChI is InChI=1S/C28H18Cl2N2O4/c29-23-12-10-17(14-24(23)30)16-36-25-13-11-18-6-4-5-9-20(18)21(25)15-22-26(33)31-28(35)32(27(22)34)19-7-2-1-3-8-19/h1-15H,16H2,(H,31,33,35)/b22-15+. The van der Waals surface area contributed by atoms with Gasteiger partial charge in [-0.15, -0.1) is 0 Å². The van der Waals surface area contributed by atoms with E-state index in [1.54, 1.807) is 54.6 Å². The molecule has 1 heterocycles. The zero-order chi connectivity index (χ0) is 25.2. The molecule has 4 amide bonds. The largest absolute Gasteiger partial charge is 0.488 e. The van der Waals surface area contributed by atoms with Crippen LogP contribution < -0.4 is 15.0 Å². The number of carbonyl (C=O) groups is 3. The third kappa shape index (κ3) is 4.56. The number of urea groups is 1. The van der Waals surface area contributed by atoms with Crippen molar-refractivity contribution in [2.45, 2.75) is 6.61 Å². The summed E-state index contributed by atoms with van der Waals surface area (Å²) in [7, 11) is 0. The number of hydrogen-bond acceptors (Lipinski definition) is 4. The van der Waals surface area contributed by atoms with E-state index in [0.717, 1.165) is 21.2 Å². The number of halogens is 2. The van der Waals surface area contributed by atoms with Gasteiger partial charge in [-0.1, -0.05) is 77.8 Å². The van der Waals surface area contributed by atoms with Crippen molar-refractivity contribution in [3.05, 3.63) is 112 Å². The minimum atomic E-state index is -0.803. The Morgan fingerprint density at radius 2 is 1.58 bits per heavy atom. The van der Waals surface area contributed by atoms with Gasteiger partial charge in [0.1, 0.15) is 17.9 Å². The fourth-order valence-corrected chi connectivity index (χ4v) is 4.27. The lowest BCUT2D eigenvalue weighted by Gasteiger charge is -2.26. The van der Waals surface area contributed by atoms with Crippen molar-refractivity contribution in [1.82, 2.24) is 5.32 Å². The summed E-state index contributed by atoms with van der Waals surface area (Å²) < 4.78 is 6.10. The molecule has 0 atom stereocenters. The molecule has 0 aromatic heterocycles. The molecule has 0 radical (unpaired) electrons. The Morgan fingerprint density at radius 3 is 2.36 bits per heavy atom. The third-order valence-electron chi connectivity index (χ3n) is 5.71. The van der Waals surface area contributed by atoms with Gasteiger partial charge >= 0.3 is 6.03 Å². The summed E-state index contributed by atoms with van der Waals surface area (Å²) in [6.45, 7) is 0.181. The lowest BCUT2D eigenvalue weighted by Crippen LogP contribution is -2.54. The molecule has 8 heteroatoms. The maximum Gasteiger partial charge on any atom is 0.335 e. The predicted molar refractivity (Wildman–Crippen MR) is 140 cm³/mol. The van der Waals surface area contributed by atoms with Gasteiger partial charge in [0, 0.05) is 5.56 Å². The molecule has 0 bridgehead atoms. The Hall–Kier alpha value is -4.13. The van der Waals surface area contributed by atoms with Crippen LogP contribution in [0.5, 0.6) is 5.75 Å². The van der Waals surface area contributed by atoms with Gasteiger partial charge in [0.05, 0.1) is 15.7 Å². The van der Waals surface area contributed by atoms with Gasteiger partial charge in [-0.3, -0.25) is 14.9 Å². The molecule has 0 unspecified atom stereocenters. The van der Waals surface area contributed by atoms with E-state index in [1.807, 2.05) is 30.3 Å². The van der Waals surface area contributed by atoms with Gasteiger partial charge < -0.3 is 4.74 Å². The molecule has 1 N–H and O–H groups in total. The monoisotopic (exact) mass is 516 g/mol. The highest BCUT2D eigenvalue weighted by Gasteiger charge is 2.37. The van der Waals surface area contributed by atoms with Crippen LogP contribution in [0.25, 0.3) is 16.8 Å². The smallest absolute Gasteiger partial charge is 0.335 e. The maximum absolute atomic E-state index is 13.4. The first-order valence-corrected chi connectivity index (χ1v) is 11.7. The average molecular weight is 517 g/mol. The van der Waals surface area contributed by atoms with Gasteiger partial charge in [-0.05, 0) is 52.7 Å². The lowest BCUT2D eigenvalue weighted by atomic mass is 9.99. The number of hydrogen-bond donors (Lipinski definition) is 1. The van der Waals surface area contributed by atoms with Gasteiger partial charge in [0.25, 0.3) is 11.8 Å². The Labute approximate surface area is 216 Å². The average Bonchev–Trinajstić information content (AvgIpc) is 2.88. The van der Waals surface area contributed by atoms with Crippen LogP contribution in [0, 0.1) is 0 Å². The Balaban J connectivity index is 1.57. The molecule has 1 aliphatic rings. The third-order valence-corrected chi connectivity index (χ3v) is 6.45. The van der Waals surface area contributed by atoms with Crippen molar-refractivity contribution in [2.24, 2.45) is 0 Å². The summed E-state index contributed by atoms with van der Waals surface area (Å²) in [6.07, 6.45) is 1.46. The van der Waals surface area contributed by atoms with Crippen molar-refractivity contribution < 1.29 is 19.1 Å². The minimum absolute atomic E-state index is 0.181. The molecule has 0 spiro atoms. The van der Waals surface area contributed by atoms with Crippen molar-refractivity contribution in [2.75, 3.05) is 4.90 Å². The zero-order valence-corrected chi connectivity index (χ0v) is 20.2. The van der Waals surface area contributed by atoms with E-state index in [4.69, 9.17) is 27.9 Å². The van der Waals surface area contributed by atoms with Gasteiger partial charge in [0.2, 0.25) is 0 Å². The van der Waals surface area contributed by atoms with E-state index < -0.39 is 17.8 Å². The van der Waals surface area contributed by atoms with Crippen LogP contribution in [0.15, 0.2) is 90.5 Å². The summed E-state index contributed by atoms with van der Waals surface area (Å²) in [5, 5.41) is 4.78. The maximum atomic E-state index is 13.4. The van der Waals surface area contributed by atoms with Gasteiger partial charge in [0.15, 0.2) is 0 Å². The number of nitrogens with zero attached hydrogens (tertiary/aromatic N) is 1. The first-order valence-electron chi connectivity index (χ1n) is 11.0. The molecule has 4 aromatic carbocycles. The second-order valence-corrected chi connectivity index (χ2v) is 8.84. The summed E-state index contributed by atoms with van der Waals surface area (Å²) in [4.78, 5) is 39.6. The zero-order valence-electron chi connectivity index (χ0n) is 18.7. The van der Waals surface area contributed by atoms with Crippen molar-refractivity contribution in [3.8, 4) is 5.75 Å². The molecule has 36 heavy (non-hydrogen) atoms. The van der Waals surface area contributed by atoms with Crippen molar-refractivity contribution in [3.63, 3.8) is 0 Å². The van der Waals surface area contributed by atoms with E-state index in [2.05, 4.69) is 5.32 Å². The summed E-state index contributed by atoms with van der Waals surface area (Å²) >= 11 is 12.1. The highest BCUT2D eigenvalue weighted by Crippen LogP contribution is 2.33. The van der Waals surface area contributed by atoms with E-state index in [1.165, 1.54) is 6.08 Å².